The van der Waals surface area contributed by atoms with Crippen molar-refractivity contribution in [3.8, 4) is 22.5 Å². The molecule has 0 N–H and O–H groups in total. The molecule has 0 radical (unpaired) electrons. The summed E-state index contributed by atoms with van der Waals surface area (Å²) in [6.45, 7) is 3.27. The van der Waals surface area contributed by atoms with Gasteiger partial charge in [-0.3, -0.25) is 0 Å². The summed E-state index contributed by atoms with van der Waals surface area (Å²) in [6, 6.07) is 17.9. The van der Waals surface area contributed by atoms with E-state index in [0.29, 0.717) is 6.04 Å². The molecule has 100 valence electrons. The van der Waals surface area contributed by atoms with Crippen molar-refractivity contribution in [1.29, 1.82) is 0 Å². The zero-order chi connectivity index (χ0) is 14.0. The van der Waals surface area contributed by atoms with Gasteiger partial charge in [-0.25, -0.2) is 0 Å². The van der Waals surface area contributed by atoms with Crippen molar-refractivity contribution in [3.05, 3.63) is 72.1 Å². The van der Waals surface area contributed by atoms with Crippen molar-refractivity contribution in [2.24, 2.45) is 0 Å². The first kappa shape index (κ1) is 11.2. The predicted octanol–water partition coefficient (Wildman–Crippen LogP) is 2.88. The first-order valence-electron chi connectivity index (χ1n) is 7.49. The van der Waals surface area contributed by atoms with Crippen molar-refractivity contribution >= 4 is 0 Å². The summed E-state index contributed by atoms with van der Waals surface area (Å²) in [4.78, 5) is 0. The molecular weight excluding hydrogens is 256 g/mol. The predicted molar refractivity (Wildman–Crippen MR) is 80.6 cm³/mol. The van der Waals surface area contributed by atoms with Gasteiger partial charge in [0.1, 0.15) is 0 Å². The van der Waals surface area contributed by atoms with Crippen molar-refractivity contribution in [2.75, 3.05) is 0 Å². The maximum absolute atomic E-state index is 2.42. The van der Waals surface area contributed by atoms with Gasteiger partial charge < -0.3 is 0 Å². The van der Waals surface area contributed by atoms with Crippen LogP contribution in [0.3, 0.4) is 0 Å². The topological polar surface area (TPSA) is 7.76 Å². The molecule has 3 aromatic rings. The zero-order valence-corrected chi connectivity index (χ0v) is 12.0. The molecule has 0 bridgehead atoms. The van der Waals surface area contributed by atoms with Crippen LogP contribution in [-0.2, 0) is 6.54 Å². The lowest BCUT2D eigenvalue weighted by atomic mass is 10.0. The van der Waals surface area contributed by atoms with Crippen LogP contribution in [0.5, 0.6) is 0 Å². The van der Waals surface area contributed by atoms with Crippen LogP contribution in [0.15, 0.2) is 60.9 Å². The van der Waals surface area contributed by atoms with Crippen LogP contribution in [0.2, 0.25) is 0 Å². The molecule has 1 unspecified atom stereocenters. The molecular formula is C19H16N2+2. The van der Waals surface area contributed by atoms with E-state index in [1.165, 1.54) is 33.6 Å². The quantitative estimate of drug-likeness (QED) is 0.435. The molecule has 1 aromatic heterocycles. The fraction of sp³-hybridized carbons (Fsp3) is 0.158. The van der Waals surface area contributed by atoms with Crippen LogP contribution in [0.4, 0.5) is 0 Å². The highest BCUT2D eigenvalue weighted by Gasteiger charge is 2.39. The normalized spacial score (nSPS) is 17.1. The lowest BCUT2D eigenvalue weighted by Crippen LogP contribution is -2.43. The zero-order valence-electron chi connectivity index (χ0n) is 12.0. The molecule has 5 rings (SSSR count). The largest absolute Gasteiger partial charge is 0.277 e. The monoisotopic (exact) mass is 272 g/mol. The smallest absolute Gasteiger partial charge is 0.183 e. The fourth-order valence-electron chi connectivity index (χ4n) is 3.78. The highest BCUT2D eigenvalue weighted by molar-refractivity contribution is 5.66. The van der Waals surface area contributed by atoms with Crippen molar-refractivity contribution < 1.29 is 9.13 Å². The molecule has 1 atom stereocenters. The van der Waals surface area contributed by atoms with E-state index >= 15 is 0 Å². The molecule has 3 heterocycles. The number of fused-ring (bicyclic) bond motifs is 6. The van der Waals surface area contributed by atoms with E-state index in [-0.39, 0.29) is 0 Å². The van der Waals surface area contributed by atoms with Crippen LogP contribution < -0.4 is 9.13 Å². The van der Waals surface area contributed by atoms with Crippen LogP contribution in [0.1, 0.15) is 24.1 Å². The van der Waals surface area contributed by atoms with E-state index in [1.807, 2.05) is 0 Å². The van der Waals surface area contributed by atoms with Gasteiger partial charge in [-0.05, 0) is 12.1 Å². The summed E-state index contributed by atoms with van der Waals surface area (Å²) in [5.74, 6) is 0. The average Bonchev–Trinajstić information content (AvgIpc) is 3.02. The molecule has 0 amide bonds. The highest BCUT2D eigenvalue weighted by atomic mass is 15.1. The summed E-state index contributed by atoms with van der Waals surface area (Å²) in [7, 11) is 0. The molecule has 0 fully saturated rings. The minimum atomic E-state index is 0.412. The molecule has 2 nitrogen and oxygen atoms in total. The van der Waals surface area contributed by atoms with E-state index in [4.69, 9.17) is 0 Å². The van der Waals surface area contributed by atoms with Gasteiger partial charge in [0.2, 0.25) is 12.4 Å². The van der Waals surface area contributed by atoms with Gasteiger partial charge in [-0.2, -0.15) is 9.13 Å². The van der Waals surface area contributed by atoms with E-state index in [1.54, 1.807) is 0 Å². The van der Waals surface area contributed by atoms with Crippen molar-refractivity contribution in [1.82, 2.24) is 0 Å². The lowest BCUT2D eigenvalue weighted by Gasteiger charge is -2.00. The summed E-state index contributed by atoms with van der Waals surface area (Å²) in [6.07, 6.45) is 4.64. The highest BCUT2D eigenvalue weighted by Crippen LogP contribution is 2.34. The fourth-order valence-corrected chi connectivity index (χ4v) is 3.78. The standard InChI is InChI=1S/C19H16N2/c1-13-15-7-4-5-9-17(15)19-11-20-10-14-6-2-3-8-16(14)18(20)12-21(13)19/h2-9,11-13H,10H2,1H3/q+2. The minimum absolute atomic E-state index is 0.412. The Balaban J connectivity index is 1.79. The second-order valence-corrected chi connectivity index (χ2v) is 5.98. The number of hydrogen-bond donors (Lipinski definition) is 0. The minimum Gasteiger partial charge on any atom is -0.183 e. The third-order valence-electron chi connectivity index (χ3n) is 4.87. The van der Waals surface area contributed by atoms with E-state index in [0.717, 1.165) is 6.54 Å². The van der Waals surface area contributed by atoms with Gasteiger partial charge >= 0.3 is 0 Å². The number of rotatable bonds is 0. The van der Waals surface area contributed by atoms with Crippen molar-refractivity contribution in [2.45, 2.75) is 19.5 Å². The Morgan fingerprint density at radius 1 is 0.857 bits per heavy atom. The number of benzene rings is 2. The van der Waals surface area contributed by atoms with E-state index in [2.05, 4.69) is 77.0 Å². The van der Waals surface area contributed by atoms with Gasteiger partial charge in [-0.1, -0.05) is 36.4 Å². The third-order valence-corrected chi connectivity index (χ3v) is 4.87. The molecule has 2 aromatic carbocycles. The van der Waals surface area contributed by atoms with Gasteiger partial charge in [0.15, 0.2) is 12.6 Å². The van der Waals surface area contributed by atoms with E-state index in [9.17, 15) is 0 Å². The number of aromatic nitrogens is 2. The molecule has 0 saturated carbocycles. The van der Waals surface area contributed by atoms with Crippen LogP contribution in [-0.4, -0.2) is 0 Å². The molecule has 0 aliphatic carbocycles. The Morgan fingerprint density at radius 3 is 2.52 bits per heavy atom. The number of hydrogen-bond acceptors (Lipinski definition) is 0. The second kappa shape index (κ2) is 3.79. The SMILES string of the molecule is CC1c2ccccc2-c2c[n+]3c(c[n+]21)-c1ccccc1C3. The van der Waals surface area contributed by atoms with Crippen LogP contribution >= 0.6 is 0 Å². The molecule has 2 aliphatic heterocycles. The Labute approximate surface area is 123 Å². The molecule has 2 heteroatoms. The Morgan fingerprint density at radius 2 is 1.62 bits per heavy atom. The molecule has 21 heavy (non-hydrogen) atoms. The molecule has 0 spiro atoms. The molecule has 0 saturated heterocycles. The lowest BCUT2D eigenvalue weighted by molar-refractivity contribution is -0.733. The summed E-state index contributed by atoms with van der Waals surface area (Å²) < 4.78 is 4.80. The second-order valence-electron chi connectivity index (χ2n) is 5.98. The summed E-state index contributed by atoms with van der Waals surface area (Å²) >= 11 is 0. The Bertz CT molecular complexity index is 896. The summed E-state index contributed by atoms with van der Waals surface area (Å²) in [5.41, 5.74) is 8.24. The third kappa shape index (κ3) is 1.37. The first-order chi connectivity index (χ1) is 10.3. The Kier molecular flexibility index (Phi) is 2.02. The Hall–Kier alpha value is -2.48. The number of nitrogens with zero attached hydrogens (tertiary/aromatic N) is 2. The van der Waals surface area contributed by atoms with Crippen molar-refractivity contribution in [3.63, 3.8) is 0 Å². The summed E-state index contributed by atoms with van der Waals surface area (Å²) in [5, 5.41) is 0. The van der Waals surface area contributed by atoms with Gasteiger partial charge in [0.05, 0.1) is 11.1 Å². The molecule has 2 aliphatic rings. The van der Waals surface area contributed by atoms with Gasteiger partial charge in [-0.15, -0.1) is 0 Å². The average molecular weight is 272 g/mol. The van der Waals surface area contributed by atoms with Gasteiger partial charge in [0, 0.05) is 18.1 Å². The van der Waals surface area contributed by atoms with E-state index < -0.39 is 0 Å². The maximum atomic E-state index is 2.42. The van der Waals surface area contributed by atoms with Crippen LogP contribution in [0, 0.1) is 0 Å². The van der Waals surface area contributed by atoms with Gasteiger partial charge in [0.25, 0.3) is 11.4 Å². The maximum Gasteiger partial charge on any atom is 0.277 e. The first-order valence-corrected chi connectivity index (χ1v) is 7.49. The van der Waals surface area contributed by atoms with Crippen LogP contribution in [0.25, 0.3) is 22.5 Å².